The fraction of sp³-hybridized carbons (Fsp3) is 0.700. The fourth-order valence-electron chi connectivity index (χ4n) is 3.77. The molecule has 28 heavy (non-hydrogen) atoms. The lowest BCUT2D eigenvalue weighted by atomic mass is 9.97. The average Bonchev–Trinajstić information content (AvgIpc) is 3.05. The minimum Gasteiger partial charge on any atom is -0.389 e. The Kier molecular flexibility index (Phi) is 7.99. The van der Waals surface area contributed by atoms with E-state index >= 15 is 0 Å². The Morgan fingerprint density at radius 3 is 2.96 bits per heavy atom. The summed E-state index contributed by atoms with van der Waals surface area (Å²) in [5.41, 5.74) is 1.17. The van der Waals surface area contributed by atoms with Crippen molar-refractivity contribution in [1.82, 2.24) is 14.9 Å². The highest BCUT2D eigenvalue weighted by atomic mass is 32.1. The molecule has 2 heterocycles. The molecule has 0 saturated carbocycles. The molecule has 0 bridgehead atoms. The third kappa shape index (κ3) is 5.39. The molecule has 0 radical (unpaired) electrons. The van der Waals surface area contributed by atoms with Crippen molar-refractivity contribution in [2.75, 3.05) is 40.0 Å². The maximum atomic E-state index is 12.7. The molecule has 7 nitrogen and oxygen atoms in total. The van der Waals surface area contributed by atoms with Gasteiger partial charge < -0.3 is 19.6 Å². The zero-order valence-corrected chi connectivity index (χ0v) is 17.6. The van der Waals surface area contributed by atoms with Crippen molar-refractivity contribution in [2.24, 2.45) is 0 Å². The lowest BCUT2D eigenvalue weighted by Crippen LogP contribution is -2.36. The molecular weight excluding hydrogens is 378 g/mol. The summed E-state index contributed by atoms with van der Waals surface area (Å²) in [6.45, 7) is 5.15. The average molecular weight is 410 g/mol. The van der Waals surface area contributed by atoms with E-state index in [4.69, 9.17) is 14.5 Å². The number of aliphatic hydroxyl groups excluding tert-OH is 1. The number of aryl methyl sites for hydroxylation is 2. The van der Waals surface area contributed by atoms with Gasteiger partial charge >= 0.3 is 0 Å². The second-order valence-electron chi connectivity index (χ2n) is 7.30. The van der Waals surface area contributed by atoms with Gasteiger partial charge in [-0.2, -0.15) is 0 Å². The smallest absolute Gasteiger partial charge is 0.259 e. The molecule has 0 aromatic carbocycles. The van der Waals surface area contributed by atoms with E-state index in [0.717, 1.165) is 42.4 Å². The van der Waals surface area contributed by atoms with Crippen LogP contribution in [0.25, 0.3) is 10.2 Å². The van der Waals surface area contributed by atoms with Crippen LogP contribution in [0, 0.1) is 0 Å². The Labute approximate surface area is 169 Å². The molecule has 2 aromatic heterocycles. The lowest BCUT2D eigenvalue weighted by Gasteiger charge is -2.24. The van der Waals surface area contributed by atoms with E-state index in [1.54, 1.807) is 18.4 Å². The van der Waals surface area contributed by atoms with Crippen LogP contribution in [0.1, 0.15) is 42.5 Å². The number of aromatic nitrogens is 2. The van der Waals surface area contributed by atoms with E-state index < -0.39 is 6.10 Å². The van der Waals surface area contributed by atoms with Crippen LogP contribution in [0.3, 0.4) is 0 Å². The predicted molar refractivity (Wildman–Crippen MR) is 111 cm³/mol. The van der Waals surface area contributed by atoms with Crippen LogP contribution in [0.2, 0.25) is 0 Å². The first-order chi connectivity index (χ1) is 13.6. The molecular formula is C20H31N3O4S. The maximum Gasteiger partial charge on any atom is 0.259 e. The number of fused-ring (bicyclic) bond motifs is 3. The predicted octanol–water partition coefficient (Wildman–Crippen LogP) is 2.10. The van der Waals surface area contributed by atoms with Crippen LogP contribution in [0.4, 0.5) is 0 Å². The van der Waals surface area contributed by atoms with E-state index in [0.29, 0.717) is 38.7 Å². The number of nitrogens with zero attached hydrogens (tertiary/aromatic N) is 2. The molecule has 2 N–H and O–H groups in total. The molecule has 0 saturated heterocycles. The molecule has 1 atom stereocenters. The van der Waals surface area contributed by atoms with E-state index in [2.05, 4.69) is 9.88 Å². The van der Waals surface area contributed by atoms with E-state index in [1.165, 1.54) is 16.9 Å². The van der Waals surface area contributed by atoms with Crippen LogP contribution >= 0.6 is 11.3 Å². The summed E-state index contributed by atoms with van der Waals surface area (Å²) in [5.74, 6) is 0.650. The molecule has 0 amide bonds. The first kappa shape index (κ1) is 21.4. The Balaban J connectivity index is 1.76. The summed E-state index contributed by atoms with van der Waals surface area (Å²) >= 11 is 1.66. The zero-order valence-electron chi connectivity index (χ0n) is 16.8. The van der Waals surface area contributed by atoms with Crippen molar-refractivity contribution >= 4 is 21.6 Å². The number of hydrogen-bond donors (Lipinski definition) is 2. The molecule has 8 heteroatoms. The molecule has 0 spiro atoms. The summed E-state index contributed by atoms with van der Waals surface area (Å²) in [4.78, 5) is 24.7. The summed E-state index contributed by atoms with van der Waals surface area (Å²) in [7, 11) is 1.68. The van der Waals surface area contributed by atoms with Gasteiger partial charge in [-0.3, -0.25) is 9.69 Å². The number of thiophene rings is 1. The molecule has 0 aliphatic heterocycles. The minimum absolute atomic E-state index is 0.0360. The van der Waals surface area contributed by atoms with Gasteiger partial charge in [-0.1, -0.05) is 0 Å². The van der Waals surface area contributed by atoms with E-state index in [9.17, 15) is 9.90 Å². The summed E-state index contributed by atoms with van der Waals surface area (Å²) in [6.07, 6.45) is 4.63. The van der Waals surface area contributed by atoms with Crippen LogP contribution in [-0.2, 0) is 28.9 Å². The van der Waals surface area contributed by atoms with Gasteiger partial charge in [0, 0.05) is 38.3 Å². The molecule has 0 fully saturated rings. The number of aromatic amines is 1. The molecule has 1 aliphatic carbocycles. The second kappa shape index (κ2) is 10.5. The number of nitrogens with one attached hydrogen (secondary N) is 1. The van der Waals surface area contributed by atoms with Gasteiger partial charge in [-0.15, -0.1) is 11.3 Å². The van der Waals surface area contributed by atoms with Crippen molar-refractivity contribution in [1.29, 1.82) is 0 Å². The number of rotatable bonds is 11. The van der Waals surface area contributed by atoms with Crippen molar-refractivity contribution in [3.63, 3.8) is 0 Å². The quantitative estimate of drug-likeness (QED) is 0.553. The van der Waals surface area contributed by atoms with Crippen molar-refractivity contribution in [3.05, 3.63) is 26.6 Å². The van der Waals surface area contributed by atoms with Crippen molar-refractivity contribution < 1.29 is 14.6 Å². The third-order valence-corrected chi connectivity index (χ3v) is 6.24. The Hall–Kier alpha value is -1.32. The molecule has 156 valence electrons. The molecule has 2 aromatic rings. The van der Waals surface area contributed by atoms with Gasteiger partial charge in [0.15, 0.2) is 0 Å². The van der Waals surface area contributed by atoms with Gasteiger partial charge in [0.1, 0.15) is 10.7 Å². The number of aliphatic hydroxyl groups is 1. The highest BCUT2D eigenvalue weighted by Crippen LogP contribution is 2.33. The Morgan fingerprint density at radius 2 is 2.18 bits per heavy atom. The number of H-pyrrole nitrogens is 1. The van der Waals surface area contributed by atoms with Crippen LogP contribution < -0.4 is 5.56 Å². The van der Waals surface area contributed by atoms with Gasteiger partial charge in [-0.25, -0.2) is 4.98 Å². The summed E-state index contributed by atoms with van der Waals surface area (Å²) < 4.78 is 10.5. The standard InChI is InChI=1S/C20H31N3O4S/c1-3-27-13-14(24)11-23(9-6-10-26-2)12-17-21-19(25)18-15-7-4-5-8-16(15)28-20(18)22-17/h14,24H,3-13H2,1-2H3,(H,21,22,25)/t14-/m1/s1. The maximum absolute atomic E-state index is 12.7. The number of methoxy groups -OCH3 is 1. The van der Waals surface area contributed by atoms with Crippen molar-refractivity contribution in [3.8, 4) is 0 Å². The molecule has 0 unspecified atom stereocenters. The molecule has 3 rings (SSSR count). The Bertz CT molecular complexity index is 820. The molecule has 1 aliphatic rings. The topological polar surface area (TPSA) is 87.7 Å². The van der Waals surface area contributed by atoms with Crippen LogP contribution in [0.5, 0.6) is 0 Å². The SMILES string of the molecule is CCOC[C@H](O)CN(CCCOC)Cc1nc2sc3c(c2c(=O)[nH]1)CCCC3. The number of hydrogen-bond acceptors (Lipinski definition) is 7. The zero-order chi connectivity index (χ0) is 19.9. The Morgan fingerprint density at radius 1 is 1.36 bits per heavy atom. The first-order valence-corrected chi connectivity index (χ1v) is 10.9. The van der Waals surface area contributed by atoms with Crippen LogP contribution in [0.15, 0.2) is 4.79 Å². The van der Waals surface area contributed by atoms with Gasteiger partial charge in [0.25, 0.3) is 5.56 Å². The summed E-state index contributed by atoms with van der Waals surface area (Å²) in [6, 6.07) is 0. The first-order valence-electron chi connectivity index (χ1n) is 10.1. The van der Waals surface area contributed by atoms with Crippen molar-refractivity contribution in [2.45, 2.75) is 51.7 Å². The number of ether oxygens (including phenoxy) is 2. The third-order valence-electron chi connectivity index (χ3n) is 5.05. The van der Waals surface area contributed by atoms with Crippen LogP contribution in [-0.4, -0.2) is 66.1 Å². The fourth-order valence-corrected chi connectivity index (χ4v) is 5.05. The largest absolute Gasteiger partial charge is 0.389 e. The van der Waals surface area contributed by atoms with E-state index in [-0.39, 0.29) is 5.56 Å². The second-order valence-corrected chi connectivity index (χ2v) is 8.38. The highest BCUT2D eigenvalue weighted by Gasteiger charge is 2.21. The van der Waals surface area contributed by atoms with Gasteiger partial charge in [0.05, 0.1) is 24.6 Å². The normalized spacial score (nSPS) is 15.3. The van der Waals surface area contributed by atoms with Gasteiger partial charge in [0.2, 0.25) is 0 Å². The minimum atomic E-state index is -0.577. The lowest BCUT2D eigenvalue weighted by molar-refractivity contribution is 0.0177. The van der Waals surface area contributed by atoms with E-state index in [1.807, 2.05) is 6.92 Å². The monoisotopic (exact) mass is 409 g/mol. The highest BCUT2D eigenvalue weighted by molar-refractivity contribution is 7.18. The van der Waals surface area contributed by atoms with Gasteiger partial charge in [-0.05, 0) is 44.6 Å². The summed E-state index contributed by atoms with van der Waals surface area (Å²) in [5, 5.41) is 11.0.